The van der Waals surface area contributed by atoms with Crippen molar-refractivity contribution in [2.24, 2.45) is 0 Å². The molecule has 226 valence electrons. The lowest BCUT2D eigenvalue weighted by Crippen LogP contribution is -2.63. The molecule has 6 rings (SSSR count). The Morgan fingerprint density at radius 1 is 1.12 bits per heavy atom. The zero-order valence-corrected chi connectivity index (χ0v) is 23.9. The zero-order chi connectivity index (χ0) is 29.4. The lowest BCUT2D eigenvalue weighted by Gasteiger charge is -2.43. The van der Waals surface area contributed by atoms with Crippen LogP contribution in [0.2, 0.25) is 0 Å². The highest BCUT2D eigenvalue weighted by atomic mass is 19.3. The fraction of sp³-hybridized carbons (Fsp3) is 0.571. The van der Waals surface area contributed by atoms with Crippen LogP contribution >= 0.6 is 0 Å². The molecule has 3 fully saturated rings. The van der Waals surface area contributed by atoms with Crippen LogP contribution in [0.15, 0.2) is 24.4 Å². The van der Waals surface area contributed by atoms with Gasteiger partial charge in [-0.05, 0) is 31.0 Å². The van der Waals surface area contributed by atoms with E-state index >= 15 is 0 Å². The fourth-order valence-corrected chi connectivity index (χ4v) is 6.10. The summed E-state index contributed by atoms with van der Waals surface area (Å²) in [5.74, 6) is -4.21. The third kappa shape index (κ3) is 5.57. The van der Waals surface area contributed by atoms with Crippen LogP contribution in [0, 0.1) is 0 Å². The number of carbonyl (C=O) groups is 2. The summed E-state index contributed by atoms with van der Waals surface area (Å²) in [6.45, 7) is 4.62. The number of fused-ring (bicyclic) bond motifs is 1. The summed E-state index contributed by atoms with van der Waals surface area (Å²) >= 11 is 0. The standard InChI is InChI=1S/C28H37F2N9O3/c1-36-22-16-32-27(34-24(22)39(19-5-3-4-6-19)17-28(29,30)26(36)41)33-21-8-7-18(13-23(21)42-2)25(40)35-38-11-9-37(10-12-38)20-14-31-15-20/h7-8,13,16,19-20,31H,3-6,9-12,14-15,17H2,1-2H3,(H,35,40)(H,32,33,34). The molecule has 2 amide bonds. The van der Waals surface area contributed by atoms with E-state index in [1.165, 1.54) is 20.4 Å². The topological polar surface area (TPSA) is 118 Å². The van der Waals surface area contributed by atoms with Crippen molar-refractivity contribution in [1.82, 2.24) is 30.6 Å². The highest BCUT2D eigenvalue weighted by Crippen LogP contribution is 2.40. The zero-order valence-electron chi connectivity index (χ0n) is 23.9. The van der Waals surface area contributed by atoms with Crippen molar-refractivity contribution >= 4 is 35.0 Å². The first-order valence-electron chi connectivity index (χ1n) is 14.5. The minimum absolute atomic E-state index is 0.137. The summed E-state index contributed by atoms with van der Waals surface area (Å²) in [5.41, 5.74) is 4.16. The molecule has 2 saturated heterocycles. The molecule has 1 aromatic carbocycles. The maximum Gasteiger partial charge on any atom is 0.342 e. The summed E-state index contributed by atoms with van der Waals surface area (Å²) in [6, 6.07) is 5.46. The van der Waals surface area contributed by atoms with Gasteiger partial charge in [-0.2, -0.15) is 13.8 Å². The number of hydrazine groups is 1. The number of halogens is 2. The third-order valence-corrected chi connectivity index (χ3v) is 8.70. The Morgan fingerprint density at radius 3 is 2.52 bits per heavy atom. The maximum absolute atomic E-state index is 14.9. The first kappa shape index (κ1) is 28.5. The first-order valence-corrected chi connectivity index (χ1v) is 14.5. The average molecular weight is 586 g/mol. The summed E-state index contributed by atoms with van der Waals surface area (Å²) in [5, 5.41) is 8.34. The van der Waals surface area contributed by atoms with Gasteiger partial charge < -0.3 is 25.2 Å². The molecule has 0 atom stereocenters. The van der Waals surface area contributed by atoms with Crippen LogP contribution in [-0.4, -0.2) is 110 Å². The maximum atomic E-state index is 14.9. The van der Waals surface area contributed by atoms with Gasteiger partial charge in [-0.3, -0.25) is 19.9 Å². The summed E-state index contributed by atoms with van der Waals surface area (Å²) in [6.07, 6.45) is 4.78. The van der Waals surface area contributed by atoms with E-state index in [1.54, 1.807) is 23.1 Å². The Hall–Kier alpha value is -3.62. The largest absolute Gasteiger partial charge is 0.495 e. The van der Waals surface area contributed by atoms with E-state index in [9.17, 15) is 18.4 Å². The Morgan fingerprint density at radius 2 is 1.86 bits per heavy atom. The second-order valence-corrected chi connectivity index (χ2v) is 11.4. The number of piperazine rings is 1. The molecule has 42 heavy (non-hydrogen) atoms. The van der Waals surface area contributed by atoms with Crippen LogP contribution in [0.1, 0.15) is 36.0 Å². The molecule has 2 aromatic rings. The number of rotatable bonds is 7. The quantitative estimate of drug-likeness (QED) is 0.444. The number of nitrogens with one attached hydrogen (secondary N) is 3. The van der Waals surface area contributed by atoms with Gasteiger partial charge in [-0.1, -0.05) is 12.8 Å². The highest BCUT2D eigenvalue weighted by Gasteiger charge is 2.48. The summed E-state index contributed by atoms with van der Waals surface area (Å²) in [7, 11) is 2.82. The first-order chi connectivity index (χ1) is 20.2. The number of carbonyl (C=O) groups excluding carboxylic acids is 2. The molecule has 0 bridgehead atoms. The summed E-state index contributed by atoms with van der Waals surface area (Å²) < 4.78 is 35.3. The van der Waals surface area contributed by atoms with Crippen molar-refractivity contribution in [3.63, 3.8) is 0 Å². The number of benzene rings is 1. The Kier molecular flexibility index (Phi) is 7.85. The Balaban J connectivity index is 1.18. The molecular weight excluding hydrogens is 548 g/mol. The molecule has 1 saturated carbocycles. The van der Waals surface area contributed by atoms with Crippen molar-refractivity contribution in [2.75, 3.05) is 75.1 Å². The normalized spacial score (nSPS) is 22.0. The minimum atomic E-state index is -3.55. The molecule has 1 aromatic heterocycles. The second-order valence-electron chi connectivity index (χ2n) is 11.4. The van der Waals surface area contributed by atoms with E-state index in [0.29, 0.717) is 23.0 Å². The highest BCUT2D eigenvalue weighted by molar-refractivity contribution is 6.02. The molecule has 0 unspecified atom stereocenters. The van der Waals surface area contributed by atoms with E-state index in [1.807, 2.05) is 5.01 Å². The number of hydrogen-bond acceptors (Lipinski definition) is 10. The van der Waals surface area contributed by atoms with Gasteiger partial charge in [0.1, 0.15) is 11.4 Å². The van der Waals surface area contributed by atoms with Crippen LogP contribution in [0.4, 0.5) is 31.9 Å². The monoisotopic (exact) mass is 585 g/mol. The predicted molar refractivity (Wildman–Crippen MR) is 154 cm³/mol. The SMILES string of the molecule is COc1cc(C(=O)NN2CCN(C3CNC3)CC2)ccc1Nc1ncc2c(n1)N(C1CCCC1)CC(F)(F)C(=O)N2C. The molecule has 3 N–H and O–H groups in total. The number of ether oxygens (including phenoxy) is 1. The van der Waals surface area contributed by atoms with Crippen molar-refractivity contribution < 1.29 is 23.1 Å². The van der Waals surface area contributed by atoms with Gasteiger partial charge >= 0.3 is 5.92 Å². The number of hydrogen-bond donors (Lipinski definition) is 3. The molecular formula is C28H37F2N9O3. The van der Waals surface area contributed by atoms with E-state index in [4.69, 9.17) is 4.74 Å². The predicted octanol–water partition coefficient (Wildman–Crippen LogP) is 1.82. The smallest absolute Gasteiger partial charge is 0.342 e. The number of anilines is 4. The number of nitrogens with zero attached hydrogens (tertiary/aromatic N) is 6. The van der Waals surface area contributed by atoms with Crippen molar-refractivity contribution in [3.8, 4) is 5.75 Å². The van der Waals surface area contributed by atoms with E-state index in [2.05, 4.69) is 30.9 Å². The average Bonchev–Trinajstić information content (AvgIpc) is 3.48. The van der Waals surface area contributed by atoms with E-state index in [-0.39, 0.29) is 29.4 Å². The second kappa shape index (κ2) is 11.6. The van der Waals surface area contributed by atoms with Crippen LogP contribution in [0.3, 0.4) is 0 Å². The molecule has 4 aliphatic rings. The minimum Gasteiger partial charge on any atom is -0.495 e. The van der Waals surface area contributed by atoms with E-state index in [0.717, 1.165) is 69.9 Å². The van der Waals surface area contributed by atoms with E-state index < -0.39 is 18.4 Å². The molecule has 4 heterocycles. The van der Waals surface area contributed by atoms with Gasteiger partial charge in [0, 0.05) is 64.0 Å². The van der Waals surface area contributed by atoms with Crippen molar-refractivity contribution in [1.29, 1.82) is 0 Å². The third-order valence-electron chi connectivity index (χ3n) is 8.70. The van der Waals surface area contributed by atoms with Crippen LogP contribution < -0.4 is 30.6 Å². The molecule has 0 radical (unpaired) electrons. The van der Waals surface area contributed by atoms with Gasteiger partial charge in [0.15, 0.2) is 5.82 Å². The van der Waals surface area contributed by atoms with Gasteiger partial charge in [-0.15, -0.1) is 0 Å². The van der Waals surface area contributed by atoms with Crippen LogP contribution in [-0.2, 0) is 4.79 Å². The van der Waals surface area contributed by atoms with Gasteiger partial charge in [0.2, 0.25) is 5.95 Å². The van der Waals surface area contributed by atoms with Crippen LogP contribution in [0.25, 0.3) is 0 Å². The number of aromatic nitrogens is 2. The lowest BCUT2D eigenvalue weighted by molar-refractivity contribution is -0.140. The Labute approximate surface area is 243 Å². The molecule has 3 aliphatic heterocycles. The van der Waals surface area contributed by atoms with Gasteiger partial charge in [-0.25, -0.2) is 9.99 Å². The molecule has 0 spiro atoms. The molecule has 14 heteroatoms. The molecule has 1 aliphatic carbocycles. The summed E-state index contributed by atoms with van der Waals surface area (Å²) in [4.78, 5) is 39.4. The van der Waals surface area contributed by atoms with Crippen molar-refractivity contribution in [2.45, 2.75) is 43.7 Å². The Bertz CT molecular complexity index is 1330. The van der Waals surface area contributed by atoms with Gasteiger partial charge in [0.25, 0.3) is 11.8 Å². The number of alkyl halides is 2. The van der Waals surface area contributed by atoms with Crippen LogP contribution in [0.5, 0.6) is 5.75 Å². The van der Waals surface area contributed by atoms with Crippen molar-refractivity contribution in [3.05, 3.63) is 30.0 Å². The number of amides is 2. The molecule has 12 nitrogen and oxygen atoms in total. The lowest BCUT2D eigenvalue weighted by atomic mass is 10.1. The van der Waals surface area contributed by atoms with Gasteiger partial charge in [0.05, 0.1) is 25.5 Å². The number of methoxy groups -OCH3 is 1. The fourth-order valence-electron chi connectivity index (χ4n) is 6.10.